The summed E-state index contributed by atoms with van der Waals surface area (Å²) in [6, 6.07) is 10.3. The lowest BCUT2D eigenvalue weighted by molar-refractivity contribution is 0.0549. The van der Waals surface area contributed by atoms with E-state index in [4.69, 9.17) is 16.3 Å². The van der Waals surface area contributed by atoms with Gasteiger partial charge in [-0.1, -0.05) is 29.8 Å². The van der Waals surface area contributed by atoms with Crippen molar-refractivity contribution >= 4 is 22.5 Å². The molecule has 1 aromatic heterocycles. The molecule has 2 heterocycles. The highest BCUT2D eigenvalue weighted by atomic mass is 35.5. The summed E-state index contributed by atoms with van der Waals surface area (Å²) >= 11 is 6.33. The number of hydrogen-bond donors (Lipinski definition) is 0. The van der Waals surface area contributed by atoms with Crippen LogP contribution in [0.5, 0.6) is 0 Å². The van der Waals surface area contributed by atoms with Crippen molar-refractivity contribution in [2.24, 2.45) is 5.92 Å². The van der Waals surface area contributed by atoms with E-state index in [2.05, 4.69) is 29.1 Å². The van der Waals surface area contributed by atoms with Crippen molar-refractivity contribution < 1.29 is 4.74 Å². The summed E-state index contributed by atoms with van der Waals surface area (Å²) in [6.07, 6.45) is 2.32. The number of rotatable bonds is 4. The summed E-state index contributed by atoms with van der Waals surface area (Å²) in [5, 5.41) is 1.77. The summed E-state index contributed by atoms with van der Waals surface area (Å²) in [5.74, 6) is 0.732. The zero-order chi connectivity index (χ0) is 14.7. The van der Waals surface area contributed by atoms with Gasteiger partial charge in [-0.25, -0.2) is 4.98 Å². The quantitative estimate of drug-likeness (QED) is 0.805. The van der Waals surface area contributed by atoms with E-state index in [1.54, 1.807) is 0 Å². The molecule has 0 saturated carbocycles. The van der Waals surface area contributed by atoms with Gasteiger partial charge in [0, 0.05) is 37.3 Å². The SMILES string of the molecule is CN(Cc1cc2ccccc2nc1Cl)CC1CCOCC1. The first-order valence-corrected chi connectivity index (χ1v) is 7.90. The van der Waals surface area contributed by atoms with E-state index in [1.807, 2.05) is 18.2 Å². The van der Waals surface area contributed by atoms with Gasteiger partial charge in [-0.15, -0.1) is 0 Å². The van der Waals surface area contributed by atoms with Crippen LogP contribution in [-0.4, -0.2) is 36.7 Å². The molecule has 2 aromatic rings. The Morgan fingerprint density at radius 3 is 2.86 bits per heavy atom. The smallest absolute Gasteiger partial charge is 0.134 e. The summed E-state index contributed by atoms with van der Waals surface area (Å²) < 4.78 is 5.42. The number of para-hydroxylation sites is 1. The second kappa shape index (κ2) is 6.73. The monoisotopic (exact) mass is 304 g/mol. The molecule has 112 valence electrons. The molecule has 1 aliphatic heterocycles. The molecule has 1 aliphatic rings. The highest BCUT2D eigenvalue weighted by Gasteiger charge is 2.16. The third-order valence-corrected chi connectivity index (χ3v) is 4.43. The second-order valence-corrected chi connectivity index (χ2v) is 6.24. The van der Waals surface area contributed by atoms with Gasteiger partial charge >= 0.3 is 0 Å². The van der Waals surface area contributed by atoms with E-state index in [9.17, 15) is 0 Å². The summed E-state index contributed by atoms with van der Waals surface area (Å²) in [5.41, 5.74) is 2.06. The molecule has 1 aromatic carbocycles. The maximum atomic E-state index is 6.33. The minimum Gasteiger partial charge on any atom is -0.381 e. The van der Waals surface area contributed by atoms with Crippen LogP contribution in [0.2, 0.25) is 5.15 Å². The van der Waals surface area contributed by atoms with E-state index in [0.29, 0.717) is 5.15 Å². The summed E-state index contributed by atoms with van der Waals surface area (Å²) in [6.45, 7) is 3.73. The minimum atomic E-state index is 0.618. The van der Waals surface area contributed by atoms with Crippen LogP contribution in [-0.2, 0) is 11.3 Å². The third kappa shape index (κ3) is 3.73. The Labute approximate surface area is 130 Å². The molecule has 0 spiro atoms. The lowest BCUT2D eigenvalue weighted by atomic mass is 10.00. The molecule has 3 nitrogen and oxygen atoms in total. The normalized spacial score (nSPS) is 16.7. The minimum absolute atomic E-state index is 0.618. The van der Waals surface area contributed by atoms with Crippen LogP contribution in [0.25, 0.3) is 10.9 Å². The number of fused-ring (bicyclic) bond motifs is 1. The first-order chi connectivity index (χ1) is 10.2. The van der Waals surface area contributed by atoms with Crippen LogP contribution in [0.4, 0.5) is 0 Å². The van der Waals surface area contributed by atoms with Crippen LogP contribution in [0.15, 0.2) is 30.3 Å². The van der Waals surface area contributed by atoms with E-state index in [1.165, 1.54) is 0 Å². The molecular formula is C17H21ClN2O. The molecule has 0 N–H and O–H groups in total. The van der Waals surface area contributed by atoms with Gasteiger partial charge in [0.15, 0.2) is 0 Å². The molecule has 0 atom stereocenters. The van der Waals surface area contributed by atoms with Crippen LogP contribution in [0.3, 0.4) is 0 Å². The number of pyridine rings is 1. The molecule has 1 fully saturated rings. The maximum absolute atomic E-state index is 6.33. The van der Waals surface area contributed by atoms with Gasteiger partial charge in [0.2, 0.25) is 0 Å². The van der Waals surface area contributed by atoms with Crippen molar-refractivity contribution in [2.45, 2.75) is 19.4 Å². The maximum Gasteiger partial charge on any atom is 0.134 e. The third-order valence-electron chi connectivity index (χ3n) is 4.10. The summed E-state index contributed by atoms with van der Waals surface area (Å²) in [7, 11) is 2.15. The Balaban J connectivity index is 1.70. The van der Waals surface area contributed by atoms with Gasteiger partial charge in [0.1, 0.15) is 5.15 Å². The fourth-order valence-electron chi connectivity index (χ4n) is 2.97. The van der Waals surface area contributed by atoms with Crippen LogP contribution >= 0.6 is 11.6 Å². The van der Waals surface area contributed by atoms with Gasteiger partial charge in [0.25, 0.3) is 0 Å². The number of benzene rings is 1. The average Bonchev–Trinajstić information content (AvgIpc) is 2.49. The van der Waals surface area contributed by atoms with Crippen molar-refractivity contribution in [2.75, 3.05) is 26.8 Å². The molecule has 0 unspecified atom stereocenters. The van der Waals surface area contributed by atoms with Gasteiger partial charge in [0.05, 0.1) is 5.52 Å². The molecule has 21 heavy (non-hydrogen) atoms. The van der Waals surface area contributed by atoms with Crippen molar-refractivity contribution in [1.82, 2.24) is 9.88 Å². The van der Waals surface area contributed by atoms with Crippen LogP contribution in [0.1, 0.15) is 18.4 Å². The molecular weight excluding hydrogens is 284 g/mol. The van der Waals surface area contributed by atoms with Gasteiger partial charge in [-0.2, -0.15) is 0 Å². The Bertz CT molecular complexity index is 611. The Morgan fingerprint density at radius 1 is 1.29 bits per heavy atom. The summed E-state index contributed by atoms with van der Waals surface area (Å²) in [4.78, 5) is 6.84. The predicted octanol–water partition coefficient (Wildman–Crippen LogP) is 3.75. The first kappa shape index (κ1) is 14.8. The van der Waals surface area contributed by atoms with Crippen molar-refractivity contribution in [1.29, 1.82) is 0 Å². The standard InChI is InChI=1S/C17H21ClN2O/c1-20(11-13-6-8-21-9-7-13)12-15-10-14-4-2-3-5-16(14)19-17(15)18/h2-5,10,13H,6-9,11-12H2,1H3. The van der Waals surface area contributed by atoms with E-state index in [0.717, 1.165) is 61.5 Å². The van der Waals surface area contributed by atoms with E-state index >= 15 is 0 Å². The Kier molecular flexibility index (Phi) is 4.73. The molecule has 4 heteroatoms. The van der Waals surface area contributed by atoms with Gasteiger partial charge < -0.3 is 9.64 Å². The fourth-order valence-corrected chi connectivity index (χ4v) is 3.18. The Hall–Kier alpha value is -1.16. The number of hydrogen-bond acceptors (Lipinski definition) is 3. The fraction of sp³-hybridized carbons (Fsp3) is 0.471. The molecule has 0 aliphatic carbocycles. The number of halogens is 1. The molecule has 1 saturated heterocycles. The van der Waals surface area contributed by atoms with E-state index < -0.39 is 0 Å². The Morgan fingerprint density at radius 2 is 2.05 bits per heavy atom. The average molecular weight is 305 g/mol. The lowest BCUT2D eigenvalue weighted by Gasteiger charge is -2.27. The van der Waals surface area contributed by atoms with Crippen LogP contribution in [0, 0.1) is 5.92 Å². The van der Waals surface area contributed by atoms with Crippen LogP contribution < -0.4 is 0 Å². The van der Waals surface area contributed by atoms with Crippen molar-refractivity contribution in [3.05, 3.63) is 41.0 Å². The zero-order valence-electron chi connectivity index (χ0n) is 12.4. The van der Waals surface area contributed by atoms with E-state index in [-0.39, 0.29) is 0 Å². The van der Waals surface area contributed by atoms with Gasteiger partial charge in [-0.3, -0.25) is 0 Å². The highest BCUT2D eigenvalue weighted by Crippen LogP contribution is 2.22. The largest absolute Gasteiger partial charge is 0.381 e. The highest BCUT2D eigenvalue weighted by molar-refractivity contribution is 6.30. The first-order valence-electron chi connectivity index (χ1n) is 7.53. The predicted molar refractivity (Wildman–Crippen MR) is 86.6 cm³/mol. The number of aromatic nitrogens is 1. The lowest BCUT2D eigenvalue weighted by Crippen LogP contribution is -2.29. The van der Waals surface area contributed by atoms with Crippen molar-refractivity contribution in [3.63, 3.8) is 0 Å². The molecule has 0 bridgehead atoms. The topological polar surface area (TPSA) is 25.4 Å². The molecule has 3 rings (SSSR count). The molecule has 0 amide bonds. The van der Waals surface area contributed by atoms with Crippen molar-refractivity contribution in [3.8, 4) is 0 Å². The molecule has 0 radical (unpaired) electrons. The second-order valence-electron chi connectivity index (χ2n) is 5.88. The number of ether oxygens (including phenoxy) is 1. The zero-order valence-corrected chi connectivity index (χ0v) is 13.1. The number of nitrogens with zero attached hydrogens (tertiary/aromatic N) is 2. The van der Waals surface area contributed by atoms with Gasteiger partial charge in [-0.05, 0) is 37.9 Å².